The Morgan fingerprint density at radius 3 is 1.57 bits per heavy atom. The zero-order valence-electron chi connectivity index (χ0n) is 10.6. The van der Waals surface area contributed by atoms with Gasteiger partial charge in [0, 0.05) is 0 Å². The van der Waals surface area contributed by atoms with Crippen LogP contribution in [0.5, 0.6) is 0 Å². The van der Waals surface area contributed by atoms with Gasteiger partial charge < -0.3 is 71.8 Å². The van der Waals surface area contributed by atoms with E-state index in [1.54, 1.807) is 0 Å². The average Bonchev–Trinajstić information content (AvgIpc) is 2.28. The van der Waals surface area contributed by atoms with Crippen molar-refractivity contribution in [1.82, 2.24) is 0 Å². The van der Waals surface area contributed by atoms with Crippen LogP contribution in [0, 0.1) is 0 Å². The van der Waals surface area contributed by atoms with Gasteiger partial charge in [-0.05, 0) is 0 Å². The van der Waals surface area contributed by atoms with Crippen LogP contribution >= 0.6 is 7.82 Å². The van der Waals surface area contributed by atoms with Crippen LogP contribution < -0.4 is 9.79 Å². The normalized spacial score (nSPS) is 26.0. The predicted molar refractivity (Wildman–Crippen MR) is 63.9 cm³/mol. The molecule has 0 aromatic carbocycles. The Morgan fingerprint density at radius 1 is 0.952 bits per heavy atom. The molecule has 0 radical (unpaired) electrons. The summed E-state index contributed by atoms with van der Waals surface area (Å²) < 4.78 is 18.4. The first-order valence-electron chi connectivity index (χ1n) is 3.67. The van der Waals surface area contributed by atoms with Crippen molar-refractivity contribution >= 4 is 56.7 Å². The number of aliphatic hydroxyl groups is 3. The molecule has 1 aliphatic rings. The summed E-state index contributed by atoms with van der Waals surface area (Å²) in [4.78, 5) is 20.1. The second-order valence-corrected chi connectivity index (χ2v) is 3.94. The molecular formula is C5H21BaO14P. The third kappa shape index (κ3) is 14.6. The van der Waals surface area contributed by atoms with E-state index in [9.17, 15) is 14.4 Å². The largest absolute Gasteiger partial charge is 2.00 e. The molecule has 1 rings (SSSR count). The minimum atomic E-state index is -5.14. The SMILES string of the molecule is O.O.O.O.O.O.O=P([O-])([O-])OCC1OC(O)C(O)C1O.[Ba+2]. The number of rotatable bonds is 3. The molecule has 0 bridgehead atoms. The molecule has 132 valence electrons. The van der Waals surface area contributed by atoms with Gasteiger partial charge in [0.2, 0.25) is 0 Å². The van der Waals surface area contributed by atoms with Crippen molar-refractivity contribution in [3.8, 4) is 0 Å². The fraction of sp³-hybridized carbons (Fsp3) is 1.00. The molecular weight excluding hydrogens is 452 g/mol. The Bertz CT molecular complexity index is 248. The summed E-state index contributed by atoms with van der Waals surface area (Å²) in [6.07, 6.45) is -5.88. The van der Waals surface area contributed by atoms with Gasteiger partial charge in [-0.3, -0.25) is 0 Å². The molecule has 1 aliphatic heterocycles. The van der Waals surface area contributed by atoms with Crippen molar-refractivity contribution in [3.63, 3.8) is 0 Å². The summed E-state index contributed by atoms with van der Waals surface area (Å²) in [6, 6.07) is 0. The van der Waals surface area contributed by atoms with Crippen LogP contribution in [0.2, 0.25) is 0 Å². The van der Waals surface area contributed by atoms with Gasteiger partial charge in [-0.2, -0.15) is 0 Å². The van der Waals surface area contributed by atoms with Gasteiger partial charge in [-0.15, -0.1) is 0 Å². The molecule has 1 saturated heterocycles. The molecule has 21 heavy (non-hydrogen) atoms. The molecule has 0 spiro atoms. The minimum absolute atomic E-state index is 0. The van der Waals surface area contributed by atoms with E-state index in [2.05, 4.69) is 9.26 Å². The van der Waals surface area contributed by atoms with Crippen LogP contribution in [0.4, 0.5) is 0 Å². The molecule has 16 heteroatoms. The van der Waals surface area contributed by atoms with Gasteiger partial charge in [0.25, 0.3) is 0 Å². The number of hydrogen-bond donors (Lipinski definition) is 3. The first-order chi connectivity index (χ1) is 6.31. The fourth-order valence-electron chi connectivity index (χ4n) is 1.03. The van der Waals surface area contributed by atoms with Crippen LogP contribution in [-0.2, 0) is 13.8 Å². The molecule has 0 amide bonds. The Labute approximate surface area is 158 Å². The second kappa shape index (κ2) is 17.6. The first kappa shape index (κ1) is 43.2. The molecule has 0 aromatic rings. The molecule has 0 aromatic heterocycles. The zero-order chi connectivity index (χ0) is 10.9. The number of hydrogen-bond acceptors (Lipinski definition) is 8. The topological polar surface area (TPSA) is 331 Å². The van der Waals surface area contributed by atoms with E-state index >= 15 is 0 Å². The smallest absolute Gasteiger partial charge is 0.790 e. The van der Waals surface area contributed by atoms with Crippen molar-refractivity contribution in [2.24, 2.45) is 0 Å². The maximum Gasteiger partial charge on any atom is 2.00 e. The van der Waals surface area contributed by atoms with Crippen LogP contribution in [-0.4, -0.2) is 128 Å². The van der Waals surface area contributed by atoms with Crippen LogP contribution in [0.25, 0.3) is 0 Å². The predicted octanol–water partition coefficient (Wildman–Crippen LogP) is -9.06. The number of phosphoric acid groups is 1. The summed E-state index contributed by atoms with van der Waals surface area (Å²) >= 11 is 0. The van der Waals surface area contributed by atoms with Gasteiger partial charge in [0.15, 0.2) is 6.29 Å². The summed E-state index contributed by atoms with van der Waals surface area (Å²) in [7, 11) is -5.14. The maximum atomic E-state index is 10.0. The number of aliphatic hydroxyl groups excluding tert-OH is 3. The third-order valence-corrected chi connectivity index (χ3v) is 2.20. The van der Waals surface area contributed by atoms with Crippen molar-refractivity contribution in [1.29, 1.82) is 0 Å². The Balaban J connectivity index is -0.0000000560. The van der Waals surface area contributed by atoms with E-state index in [1.165, 1.54) is 0 Å². The summed E-state index contributed by atoms with van der Waals surface area (Å²) in [5, 5.41) is 26.9. The van der Waals surface area contributed by atoms with Crippen molar-refractivity contribution in [2.45, 2.75) is 24.6 Å². The van der Waals surface area contributed by atoms with E-state index in [0.29, 0.717) is 0 Å². The van der Waals surface area contributed by atoms with Crippen molar-refractivity contribution in [3.05, 3.63) is 0 Å². The van der Waals surface area contributed by atoms with Crippen molar-refractivity contribution in [2.75, 3.05) is 6.61 Å². The number of ether oxygens (including phenoxy) is 1. The molecule has 1 fully saturated rings. The van der Waals surface area contributed by atoms with Gasteiger partial charge in [0.05, 0.1) is 14.4 Å². The van der Waals surface area contributed by atoms with Crippen LogP contribution in [0.15, 0.2) is 0 Å². The summed E-state index contributed by atoms with van der Waals surface area (Å²) in [5.41, 5.74) is 0. The Morgan fingerprint density at radius 2 is 1.33 bits per heavy atom. The van der Waals surface area contributed by atoms with Crippen molar-refractivity contribution < 1.29 is 71.8 Å². The monoisotopic (exact) mass is 474 g/mol. The molecule has 14 nitrogen and oxygen atoms in total. The molecule has 0 saturated carbocycles. The van der Waals surface area contributed by atoms with Crippen LogP contribution in [0.3, 0.4) is 0 Å². The van der Waals surface area contributed by atoms with E-state index < -0.39 is 39.0 Å². The van der Waals surface area contributed by atoms with Gasteiger partial charge in [-0.1, -0.05) is 0 Å². The third-order valence-electron chi connectivity index (χ3n) is 1.73. The quantitative estimate of drug-likeness (QED) is 0.260. The average molecular weight is 474 g/mol. The molecule has 1 heterocycles. The maximum absolute atomic E-state index is 10.0. The van der Waals surface area contributed by atoms with E-state index in [4.69, 9.17) is 15.3 Å². The number of phosphoric ester groups is 1. The first-order valence-corrected chi connectivity index (χ1v) is 5.13. The summed E-state index contributed by atoms with van der Waals surface area (Å²) in [6.45, 7) is -0.737. The fourth-order valence-corrected chi connectivity index (χ4v) is 1.36. The zero-order valence-corrected chi connectivity index (χ0v) is 15.9. The standard InChI is InChI=1S/C5H11O8P.Ba.6H2O/c6-3-2(1-12-14(9,10)11)13-5(8)4(3)7;;;;;;;/h2-8H,1H2,(H2,9,10,11);;6*1H2/q;+2;;;;;;/p-2. The summed E-state index contributed by atoms with van der Waals surface area (Å²) in [5.74, 6) is 0. The Hall–Kier alpha value is 1.28. The van der Waals surface area contributed by atoms with E-state index in [1.807, 2.05) is 0 Å². The second-order valence-electron chi connectivity index (χ2n) is 2.79. The van der Waals surface area contributed by atoms with E-state index in [0.717, 1.165) is 0 Å². The van der Waals surface area contributed by atoms with Gasteiger partial charge >= 0.3 is 48.9 Å². The van der Waals surface area contributed by atoms with Gasteiger partial charge in [0.1, 0.15) is 18.3 Å². The molecule has 4 unspecified atom stereocenters. The molecule has 0 aliphatic carbocycles. The molecule has 15 N–H and O–H groups in total. The minimum Gasteiger partial charge on any atom is -0.790 e. The van der Waals surface area contributed by atoms with Crippen LogP contribution in [0.1, 0.15) is 0 Å². The molecule has 4 atom stereocenters. The van der Waals surface area contributed by atoms with Gasteiger partial charge in [-0.25, -0.2) is 0 Å². The Kier molecular flexibility index (Phi) is 36.3. The van der Waals surface area contributed by atoms with E-state index in [-0.39, 0.29) is 81.7 Å².